The zero-order chi connectivity index (χ0) is 24.7. The number of hydrogen-bond acceptors (Lipinski definition) is 7. The van der Waals surface area contributed by atoms with Crippen LogP contribution in [0.25, 0.3) is 11.3 Å². The molecular formula is C26H37ClFN5O2. The van der Waals surface area contributed by atoms with Crippen molar-refractivity contribution in [3.05, 3.63) is 35.2 Å². The SMILES string of the molecule is COCCNC1CCC(Nc2cc(-c3ccc(F)c(NCC4(C)CCOCC4)n3)c(Cl)cn2)CC1. The molecule has 2 fully saturated rings. The predicted molar refractivity (Wildman–Crippen MR) is 139 cm³/mol. The van der Waals surface area contributed by atoms with E-state index in [1.165, 1.54) is 6.07 Å². The van der Waals surface area contributed by atoms with Crippen LogP contribution in [0.5, 0.6) is 0 Å². The van der Waals surface area contributed by atoms with Crippen LogP contribution < -0.4 is 16.0 Å². The average Bonchev–Trinajstić information content (AvgIpc) is 2.86. The number of rotatable bonds is 10. The Morgan fingerprint density at radius 3 is 2.66 bits per heavy atom. The van der Waals surface area contributed by atoms with Crippen LogP contribution in [-0.4, -0.2) is 62.1 Å². The molecule has 0 radical (unpaired) electrons. The zero-order valence-corrected chi connectivity index (χ0v) is 21.5. The Kier molecular flexibility index (Phi) is 9.16. The van der Waals surface area contributed by atoms with Crippen molar-refractivity contribution in [3.63, 3.8) is 0 Å². The molecule has 1 aliphatic heterocycles. The Morgan fingerprint density at radius 2 is 1.91 bits per heavy atom. The van der Waals surface area contributed by atoms with Gasteiger partial charge in [-0.2, -0.15) is 0 Å². The second-order valence-electron chi connectivity index (χ2n) is 9.99. The number of anilines is 2. The van der Waals surface area contributed by atoms with E-state index < -0.39 is 0 Å². The van der Waals surface area contributed by atoms with E-state index in [2.05, 4.69) is 32.8 Å². The number of nitrogens with zero attached hydrogens (tertiary/aromatic N) is 2. The first kappa shape index (κ1) is 26.1. The molecule has 1 aliphatic carbocycles. The Hall–Kier alpha value is -2.00. The van der Waals surface area contributed by atoms with Crippen molar-refractivity contribution in [1.29, 1.82) is 0 Å². The maximum Gasteiger partial charge on any atom is 0.165 e. The zero-order valence-electron chi connectivity index (χ0n) is 20.7. The summed E-state index contributed by atoms with van der Waals surface area (Å²) in [4.78, 5) is 9.06. The molecule has 0 aromatic carbocycles. The minimum absolute atomic E-state index is 0.0616. The highest BCUT2D eigenvalue weighted by atomic mass is 35.5. The molecule has 1 saturated carbocycles. The highest BCUT2D eigenvalue weighted by Gasteiger charge is 2.27. The molecule has 9 heteroatoms. The van der Waals surface area contributed by atoms with E-state index >= 15 is 0 Å². The molecule has 4 rings (SSSR count). The summed E-state index contributed by atoms with van der Waals surface area (Å²) < 4.78 is 25.2. The van der Waals surface area contributed by atoms with Crippen molar-refractivity contribution in [2.75, 3.05) is 50.7 Å². The predicted octanol–water partition coefficient (Wildman–Crippen LogP) is 5.12. The van der Waals surface area contributed by atoms with Gasteiger partial charge in [0.2, 0.25) is 0 Å². The first-order valence-corrected chi connectivity index (χ1v) is 13.0. The van der Waals surface area contributed by atoms with Gasteiger partial charge in [0, 0.05) is 57.3 Å². The van der Waals surface area contributed by atoms with Gasteiger partial charge in [0.15, 0.2) is 11.6 Å². The van der Waals surface area contributed by atoms with Crippen molar-refractivity contribution in [2.45, 2.75) is 57.5 Å². The lowest BCUT2D eigenvalue weighted by Crippen LogP contribution is -2.38. The molecule has 0 spiro atoms. The molecule has 35 heavy (non-hydrogen) atoms. The van der Waals surface area contributed by atoms with Gasteiger partial charge in [0.05, 0.1) is 17.3 Å². The lowest BCUT2D eigenvalue weighted by Gasteiger charge is -2.33. The maximum atomic E-state index is 14.6. The first-order chi connectivity index (χ1) is 17.0. The van der Waals surface area contributed by atoms with Gasteiger partial charge in [-0.3, -0.25) is 0 Å². The van der Waals surface area contributed by atoms with Gasteiger partial charge in [0.25, 0.3) is 0 Å². The van der Waals surface area contributed by atoms with Gasteiger partial charge < -0.3 is 25.4 Å². The second-order valence-corrected chi connectivity index (χ2v) is 10.4. The normalized spacial score (nSPS) is 22.1. The highest BCUT2D eigenvalue weighted by Crippen LogP contribution is 2.33. The number of halogens is 2. The fourth-order valence-electron chi connectivity index (χ4n) is 4.78. The lowest BCUT2D eigenvalue weighted by molar-refractivity contribution is 0.0299. The van der Waals surface area contributed by atoms with Crippen LogP contribution in [0, 0.1) is 11.2 Å². The topological polar surface area (TPSA) is 80.3 Å². The van der Waals surface area contributed by atoms with Gasteiger partial charge >= 0.3 is 0 Å². The van der Waals surface area contributed by atoms with E-state index in [0.717, 1.165) is 76.3 Å². The molecule has 0 unspecified atom stereocenters. The summed E-state index contributed by atoms with van der Waals surface area (Å²) in [5.41, 5.74) is 1.42. The van der Waals surface area contributed by atoms with Crippen LogP contribution >= 0.6 is 11.6 Å². The number of ether oxygens (including phenoxy) is 2. The van der Waals surface area contributed by atoms with Gasteiger partial charge in [-0.1, -0.05) is 18.5 Å². The number of methoxy groups -OCH3 is 1. The summed E-state index contributed by atoms with van der Waals surface area (Å²) in [6, 6.07) is 5.91. The summed E-state index contributed by atoms with van der Waals surface area (Å²) in [6.07, 6.45) is 7.88. The van der Waals surface area contributed by atoms with Crippen LogP contribution in [0.3, 0.4) is 0 Å². The van der Waals surface area contributed by atoms with Crippen molar-refractivity contribution < 1.29 is 13.9 Å². The Labute approximate surface area is 212 Å². The maximum absolute atomic E-state index is 14.6. The van der Waals surface area contributed by atoms with Crippen molar-refractivity contribution in [3.8, 4) is 11.3 Å². The van der Waals surface area contributed by atoms with Crippen LogP contribution in [0.4, 0.5) is 16.0 Å². The molecule has 2 aromatic heterocycles. The summed E-state index contributed by atoms with van der Waals surface area (Å²) >= 11 is 6.49. The van der Waals surface area contributed by atoms with Gasteiger partial charge in [-0.15, -0.1) is 0 Å². The average molecular weight is 506 g/mol. The van der Waals surface area contributed by atoms with Crippen LogP contribution in [0.15, 0.2) is 24.4 Å². The lowest BCUT2D eigenvalue weighted by atomic mass is 9.82. The third-order valence-electron chi connectivity index (χ3n) is 7.18. The molecule has 2 aliphatic rings. The summed E-state index contributed by atoms with van der Waals surface area (Å²) in [5, 5.41) is 10.8. The highest BCUT2D eigenvalue weighted by molar-refractivity contribution is 6.33. The van der Waals surface area contributed by atoms with Gasteiger partial charge in [-0.05, 0) is 62.1 Å². The number of pyridine rings is 2. The summed E-state index contributed by atoms with van der Waals surface area (Å²) in [6.45, 7) is 5.94. The quantitative estimate of drug-likeness (QED) is 0.386. The van der Waals surface area contributed by atoms with Gasteiger partial charge in [0.1, 0.15) is 5.82 Å². The molecule has 1 saturated heterocycles. The van der Waals surface area contributed by atoms with Crippen molar-refractivity contribution in [2.24, 2.45) is 5.41 Å². The van der Waals surface area contributed by atoms with Crippen LogP contribution in [0.2, 0.25) is 5.02 Å². The second kappa shape index (κ2) is 12.3. The van der Waals surface area contributed by atoms with Crippen molar-refractivity contribution >= 4 is 23.2 Å². The largest absolute Gasteiger partial charge is 0.383 e. The minimum Gasteiger partial charge on any atom is -0.383 e. The molecule has 7 nitrogen and oxygen atoms in total. The third kappa shape index (κ3) is 7.26. The summed E-state index contributed by atoms with van der Waals surface area (Å²) in [7, 11) is 1.72. The van der Waals surface area contributed by atoms with Crippen LogP contribution in [0.1, 0.15) is 45.4 Å². The molecule has 3 heterocycles. The van der Waals surface area contributed by atoms with Crippen molar-refractivity contribution in [1.82, 2.24) is 15.3 Å². The Balaban J connectivity index is 1.40. The van der Waals surface area contributed by atoms with E-state index in [4.69, 9.17) is 21.1 Å². The fraction of sp³-hybridized carbons (Fsp3) is 0.615. The molecule has 0 bridgehead atoms. The number of aromatic nitrogens is 2. The van der Waals surface area contributed by atoms with E-state index in [1.807, 2.05) is 6.07 Å². The first-order valence-electron chi connectivity index (χ1n) is 12.6. The molecule has 0 amide bonds. The minimum atomic E-state index is -0.371. The Bertz CT molecular complexity index is 965. The van der Waals surface area contributed by atoms with E-state index in [0.29, 0.717) is 29.3 Å². The van der Waals surface area contributed by atoms with E-state index in [9.17, 15) is 4.39 Å². The number of nitrogens with one attached hydrogen (secondary N) is 3. The molecule has 192 valence electrons. The molecule has 2 aromatic rings. The third-order valence-corrected chi connectivity index (χ3v) is 7.48. The molecule has 0 atom stereocenters. The standard InChI is InChI=1S/C26H37ClFN5O2/c1-26(9-12-35-13-10-26)17-31-25-22(28)7-8-23(33-25)20-15-24(30-16-21(20)27)32-19-5-3-18(4-6-19)29-11-14-34-2/h7-8,15-16,18-19,29H,3-6,9-14,17H2,1-2H3,(H,30,32)(H,31,33). The fourth-order valence-corrected chi connectivity index (χ4v) is 4.98. The van der Waals surface area contributed by atoms with Crippen LogP contribution in [-0.2, 0) is 9.47 Å². The Morgan fingerprint density at radius 1 is 1.17 bits per heavy atom. The summed E-state index contributed by atoms with van der Waals surface area (Å²) in [5.74, 6) is 0.635. The molecule has 3 N–H and O–H groups in total. The smallest absolute Gasteiger partial charge is 0.165 e. The monoisotopic (exact) mass is 505 g/mol. The molecular weight excluding hydrogens is 469 g/mol. The van der Waals surface area contributed by atoms with E-state index in [1.54, 1.807) is 19.4 Å². The number of hydrogen-bond donors (Lipinski definition) is 3. The van der Waals surface area contributed by atoms with E-state index in [-0.39, 0.29) is 17.1 Å². The van der Waals surface area contributed by atoms with Gasteiger partial charge in [-0.25, -0.2) is 14.4 Å².